The van der Waals surface area contributed by atoms with E-state index >= 15 is 0 Å². The van der Waals surface area contributed by atoms with Crippen LogP contribution in [-0.4, -0.2) is 11.7 Å². The van der Waals surface area contributed by atoms with E-state index in [2.05, 4.69) is 6.07 Å². The second kappa shape index (κ2) is 4.93. The van der Waals surface area contributed by atoms with E-state index in [1.807, 2.05) is 18.2 Å². The molecule has 0 aliphatic carbocycles. The van der Waals surface area contributed by atoms with E-state index in [-0.39, 0.29) is 6.10 Å². The number of hydrogen-bond donors (Lipinski definition) is 1. The summed E-state index contributed by atoms with van der Waals surface area (Å²) in [5.74, 6) is 1.67. The molecule has 2 atom stereocenters. The minimum atomic E-state index is -0.554. The Balaban J connectivity index is 1.67. The first-order valence-corrected chi connectivity index (χ1v) is 7.48. The molecule has 2 aliphatic rings. The summed E-state index contributed by atoms with van der Waals surface area (Å²) in [6.45, 7) is 0.744. The van der Waals surface area contributed by atoms with Gasteiger partial charge in [0.15, 0.2) is 0 Å². The SMILES string of the molecule is OC1CC(c2ccc3c(c2)CCO3)Oc2ccc(Cl)cc21. The first kappa shape index (κ1) is 13.0. The Labute approximate surface area is 128 Å². The highest BCUT2D eigenvalue weighted by Gasteiger charge is 2.29. The maximum absolute atomic E-state index is 10.3. The van der Waals surface area contributed by atoms with Gasteiger partial charge in [-0.25, -0.2) is 0 Å². The lowest BCUT2D eigenvalue weighted by Crippen LogP contribution is -2.19. The molecule has 0 spiro atoms. The molecule has 3 nitrogen and oxygen atoms in total. The first-order chi connectivity index (χ1) is 10.2. The number of halogens is 1. The lowest BCUT2D eigenvalue weighted by molar-refractivity contribution is 0.0657. The van der Waals surface area contributed by atoms with Crippen molar-refractivity contribution >= 4 is 11.6 Å². The van der Waals surface area contributed by atoms with Crippen molar-refractivity contribution in [2.75, 3.05) is 6.61 Å². The second-order valence-corrected chi connectivity index (χ2v) is 5.94. The van der Waals surface area contributed by atoms with Gasteiger partial charge in [0.05, 0.1) is 12.7 Å². The average Bonchev–Trinajstić information content (AvgIpc) is 2.95. The molecule has 2 unspecified atom stereocenters. The van der Waals surface area contributed by atoms with Gasteiger partial charge in [-0.15, -0.1) is 0 Å². The molecule has 0 radical (unpaired) electrons. The smallest absolute Gasteiger partial charge is 0.127 e. The van der Waals surface area contributed by atoms with Gasteiger partial charge >= 0.3 is 0 Å². The Hall–Kier alpha value is -1.71. The molecule has 2 heterocycles. The summed E-state index contributed by atoms with van der Waals surface area (Å²) < 4.78 is 11.6. The molecule has 2 aliphatic heterocycles. The predicted molar refractivity (Wildman–Crippen MR) is 80.0 cm³/mol. The zero-order valence-electron chi connectivity index (χ0n) is 11.4. The van der Waals surface area contributed by atoms with Crippen LogP contribution in [0.25, 0.3) is 0 Å². The number of aliphatic hydroxyl groups excluding tert-OH is 1. The molecule has 4 heteroatoms. The van der Waals surface area contributed by atoms with Crippen LogP contribution in [0.4, 0.5) is 0 Å². The van der Waals surface area contributed by atoms with Gasteiger partial charge in [0, 0.05) is 23.4 Å². The highest BCUT2D eigenvalue weighted by molar-refractivity contribution is 6.30. The zero-order chi connectivity index (χ0) is 14.4. The zero-order valence-corrected chi connectivity index (χ0v) is 12.1. The standard InChI is InChI=1S/C17H15ClO3/c18-12-2-4-16-13(8-12)14(19)9-17(21-16)10-1-3-15-11(7-10)5-6-20-15/h1-4,7-8,14,17,19H,5-6,9H2. The molecule has 2 aromatic carbocycles. The summed E-state index contributed by atoms with van der Waals surface area (Å²) in [6, 6.07) is 11.5. The van der Waals surface area contributed by atoms with Gasteiger partial charge in [-0.1, -0.05) is 17.7 Å². The van der Waals surface area contributed by atoms with E-state index in [0.29, 0.717) is 17.2 Å². The van der Waals surface area contributed by atoms with Crippen LogP contribution in [0.5, 0.6) is 11.5 Å². The number of benzene rings is 2. The van der Waals surface area contributed by atoms with Crippen LogP contribution in [0.2, 0.25) is 5.02 Å². The normalized spacial score (nSPS) is 23.0. The fraction of sp³-hybridized carbons (Fsp3) is 0.294. The van der Waals surface area contributed by atoms with Gasteiger partial charge in [-0.3, -0.25) is 0 Å². The van der Waals surface area contributed by atoms with Crippen molar-refractivity contribution in [2.45, 2.75) is 25.0 Å². The molecular formula is C17H15ClO3. The van der Waals surface area contributed by atoms with Gasteiger partial charge in [-0.05, 0) is 41.5 Å². The lowest BCUT2D eigenvalue weighted by atomic mass is 9.94. The van der Waals surface area contributed by atoms with E-state index in [9.17, 15) is 5.11 Å². The Morgan fingerprint density at radius 3 is 2.86 bits per heavy atom. The monoisotopic (exact) mass is 302 g/mol. The Morgan fingerprint density at radius 2 is 1.95 bits per heavy atom. The maximum Gasteiger partial charge on any atom is 0.127 e. The van der Waals surface area contributed by atoms with Crippen LogP contribution in [0.15, 0.2) is 36.4 Å². The van der Waals surface area contributed by atoms with Crippen molar-refractivity contribution in [1.29, 1.82) is 0 Å². The first-order valence-electron chi connectivity index (χ1n) is 7.10. The fourth-order valence-electron chi connectivity index (χ4n) is 3.03. The molecule has 4 rings (SSSR count). The van der Waals surface area contributed by atoms with Crippen LogP contribution in [0, 0.1) is 0 Å². The van der Waals surface area contributed by atoms with Crippen molar-refractivity contribution in [3.63, 3.8) is 0 Å². The van der Waals surface area contributed by atoms with E-state index in [1.54, 1.807) is 12.1 Å². The second-order valence-electron chi connectivity index (χ2n) is 5.51. The van der Waals surface area contributed by atoms with Crippen LogP contribution in [0.3, 0.4) is 0 Å². The van der Waals surface area contributed by atoms with Gasteiger partial charge < -0.3 is 14.6 Å². The van der Waals surface area contributed by atoms with Crippen LogP contribution in [-0.2, 0) is 6.42 Å². The molecule has 21 heavy (non-hydrogen) atoms. The average molecular weight is 303 g/mol. The van der Waals surface area contributed by atoms with E-state index in [1.165, 1.54) is 5.56 Å². The summed E-state index contributed by atoms with van der Waals surface area (Å²) in [5, 5.41) is 11.0. The van der Waals surface area contributed by atoms with E-state index < -0.39 is 6.10 Å². The number of ether oxygens (including phenoxy) is 2. The van der Waals surface area contributed by atoms with Crippen LogP contribution < -0.4 is 9.47 Å². The third kappa shape index (κ3) is 2.27. The third-order valence-electron chi connectivity index (χ3n) is 4.12. The Morgan fingerprint density at radius 1 is 1.10 bits per heavy atom. The third-order valence-corrected chi connectivity index (χ3v) is 4.36. The molecule has 2 aromatic rings. The largest absolute Gasteiger partial charge is 0.493 e. The van der Waals surface area contributed by atoms with Gasteiger partial charge in [0.1, 0.15) is 17.6 Å². The highest BCUT2D eigenvalue weighted by Crippen LogP contribution is 2.42. The number of hydrogen-bond acceptors (Lipinski definition) is 3. The number of rotatable bonds is 1. The van der Waals surface area contributed by atoms with E-state index in [0.717, 1.165) is 29.9 Å². The summed E-state index contributed by atoms with van der Waals surface area (Å²) in [7, 11) is 0. The molecule has 0 aromatic heterocycles. The lowest BCUT2D eigenvalue weighted by Gasteiger charge is -2.30. The van der Waals surface area contributed by atoms with Gasteiger partial charge in [-0.2, -0.15) is 0 Å². The number of fused-ring (bicyclic) bond motifs is 2. The minimum absolute atomic E-state index is 0.139. The maximum atomic E-state index is 10.3. The van der Waals surface area contributed by atoms with Gasteiger partial charge in [0.25, 0.3) is 0 Å². The van der Waals surface area contributed by atoms with Crippen molar-refractivity contribution in [2.24, 2.45) is 0 Å². The van der Waals surface area contributed by atoms with Gasteiger partial charge in [0.2, 0.25) is 0 Å². The predicted octanol–water partition coefficient (Wildman–Crippen LogP) is 3.83. The molecular weight excluding hydrogens is 288 g/mol. The molecule has 108 valence electrons. The summed E-state index contributed by atoms with van der Waals surface area (Å²) in [6.07, 6.45) is 0.777. The minimum Gasteiger partial charge on any atom is -0.493 e. The molecule has 0 saturated carbocycles. The molecule has 0 saturated heterocycles. The van der Waals surface area contributed by atoms with Crippen LogP contribution in [0.1, 0.15) is 35.3 Å². The summed E-state index contributed by atoms with van der Waals surface area (Å²) >= 11 is 5.98. The highest BCUT2D eigenvalue weighted by atomic mass is 35.5. The molecule has 0 fully saturated rings. The molecule has 0 bridgehead atoms. The topological polar surface area (TPSA) is 38.7 Å². The number of aliphatic hydroxyl groups is 1. The molecule has 1 N–H and O–H groups in total. The van der Waals surface area contributed by atoms with Crippen molar-refractivity contribution in [3.05, 3.63) is 58.1 Å². The summed E-state index contributed by atoms with van der Waals surface area (Å²) in [4.78, 5) is 0. The van der Waals surface area contributed by atoms with Crippen molar-refractivity contribution in [1.82, 2.24) is 0 Å². The van der Waals surface area contributed by atoms with E-state index in [4.69, 9.17) is 21.1 Å². The Kier molecular flexibility index (Phi) is 3.05. The molecule has 0 amide bonds. The fourth-order valence-corrected chi connectivity index (χ4v) is 3.21. The van der Waals surface area contributed by atoms with Crippen LogP contribution >= 0.6 is 11.6 Å². The van der Waals surface area contributed by atoms with Crippen molar-refractivity contribution in [3.8, 4) is 11.5 Å². The quantitative estimate of drug-likeness (QED) is 0.870. The summed E-state index contributed by atoms with van der Waals surface area (Å²) in [5.41, 5.74) is 3.06. The van der Waals surface area contributed by atoms with Crippen molar-refractivity contribution < 1.29 is 14.6 Å². The Bertz CT molecular complexity index is 698.